The molecular formula is C24H23F3N4O5. The Morgan fingerprint density at radius 1 is 1.28 bits per heavy atom. The van der Waals surface area contributed by atoms with Crippen molar-refractivity contribution >= 4 is 17.8 Å². The topological polar surface area (TPSA) is 113 Å². The summed E-state index contributed by atoms with van der Waals surface area (Å²) in [6.07, 6.45) is 1.73. The van der Waals surface area contributed by atoms with Gasteiger partial charge < -0.3 is 24.7 Å². The van der Waals surface area contributed by atoms with Crippen LogP contribution in [-0.4, -0.2) is 50.5 Å². The van der Waals surface area contributed by atoms with Crippen molar-refractivity contribution in [3.63, 3.8) is 0 Å². The van der Waals surface area contributed by atoms with E-state index >= 15 is 0 Å². The van der Waals surface area contributed by atoms with Crippen LogP contribution in [0.15, 0.2) is 28.3 Å². The van der Waals surface area contributed by atoms with Crippen LogP contribution in [0.5, 0.6) is 5.75 Å². The molecule has 3 aliphatic rings. The van der Waals surface area contributed by atoms with Crippen molar-refractivity contribution in [2.75, 3.05) is 6.54 Å². The molecule has 1 aromatic heterocycles. The number of nitrogens with zero attached hydrogens (tertiary/aromatic N) is 3. The van der Waals surface area contributed by atoms with Crippen molar-refractivity contribution in [3.8, 4) is 5.75 Å². The maximum atomic E-state index is 14.2. The van der Waals surface area contributed by atoms with Crippen LogP contribution in [0, 0.1) is 18.6 Å². The number of halogens is 3. The van der Waals surface area contributed by atoms with Gasteiger partial charge in [0.1, 0.15) is 17.2 Å². The van der Waals surface area contributed by atoms with Gasteiger partial charge in [0.15, 0.2) is 17.0 Å². The minimum atomic E-state index is -1.19. The Morgan fingerprint density at radius 2 is 1.97 bits per heavy atom. The van der Waals surface area contributed by atoms with E-state index in [4.69, 9.17) is 4.84 Å². The van der Waals surface area contributed by atoms with Gasteiger partial charge in [-0.05, 0) is 44.4 Å². The highest BCUT2D eigenvalue weighted by Gasteiger charge is 2.54. The molecule has 1 saturated heterocycles. The smallest absolute Gasteiger partial charge is 0.274 e. The van der Waals surface area contributed by atoms with Crippen molar-refractivity contribution in [2.24, 2.45) is 5.16 Å². The highest BCUT2D eigenvalue weighted by Crippen LogP contribution is 2.46. The molecule has 0 radical (unpaired) electrons. The predicted molar refractivity (Wildman–Crippen MR) is 120 cm³/mol. The van der Waals surface area contributed by atoms with E-state index in [1.165, 1.54) is 16.4 Å². The first-order valence-electron chi connectivity index (χ1n) is 11.4. The van der Waals surface area contributed by atoms with Gasteiger partial charge in [-0.3, -0.25) is 14.4 Å². The van der Waals surface area contributed by atoms with E-state index in [2.05, 4.69) is 10.5 Å². The van der Waals surface area contributed by atoms with Crippen molar-refractivity contribution in [1.29, 1.82) is 0 Å². The minimum Gasteiger partial charge on any atom is -0.503 e. The number of benzene rings is 1. The zero-order valence-electron chi connectivity index (χ0n) is 19.5. The van der Waals surface area contributed by atoms with Crippen LogP contribution >= 0.6 is 0 Å². The number of nitrogens with one attached hydrogen (secondary N) is 1. The molecule has 1 spiro atoms. The number of amides is 2. The molecule has 2 bridgehead atoms. The highest BCUT2D eigenvalue weighted by molar-refractivity contribution is 5.99. The fraction of sp³-hybridized carbons (Fsp3) is 0.417. The van der Waals surface area contributed by atoms with Crippen LogP contribution in [0.3, 0.4) is 0 Å². The second-order valence-electron chi connectivity index (χ2n) is 9.53. The maximum absolute atomic E-state index is 14.2. The van der Waals surface area contributed by atoms with E-state index in [0.717, 1.165) is 18.3 Å². The Kier molecular flexibility index (Phi) is 5.56. The number of carbonyl (C=O) groups is 2. The lowest BCUT2D eigenvalue weighted by molar-refractivity contribution is -0.0655. The normalized spacial score (nSPS) is 24.8. The predicted octanol–water partition coefficient (Wildman–Crippen LogP) is 2.69. The molecule has 4 heterocycles. The molecule has 9 nitrogen and oxygen atoms in total. The number of hydrogen-bond donors (Lipinski definition) is 2. The number of hydrogen-bond acceptors (Lipinski definition) is 6. The molecule has 2 aromatic rings. The number of aromatic hydroxyl groups is 1. The number of oxime groups is 1. The third-order valence-corrected chi connectivity index (χ3v) is 7.23. The van der Waals surface area contributed by atoms with Crippen LogP contribution in [0.2, 0.25) is 0 Å². The molecule has 0 unspecified atom stereocenters. The quantitative estimate of drug-likeness (QED) is 0.668. The summed E-state index contributed by atoms with van der Waals surface area (Å²) in [7, 11) is 0. The summed E-state index contributed by atoms with van der Waals surface area (Å²) >= 11 is 0. The zero-order valence-corrected chi connectivity index (χ0v) is 19.5. The van der Waals surface area contributed by atoms with Crippen LogP contribution in [0.1, 0.15) is 64.2 Å². The molecule has 1 fully saturated rings. The Hall–Kier alpha value is -3.83. The van der Waals surface area contributed by atoms with Gasteiger partial charge in [0, 0.05) is 30.9 Å². The van der Waals surface area contributed by atoms with E-state index in [1.54, 1.807) is 6.92 Å². The van der Waals surface area contributed by atoms with Crippen LogP contribution in [-0.2, 0) is 11.4 Å². The molecule has 2 N–H and O–H groups in total. The molecule has 2 amide bonds. The van der Waals surface area contributed by atoms with Crippen LogP contribution in [0.25, 0.3) is 0 Å². The molecular weight excluding hydrogens is 481 g/mol. The number of aryl methyl sites for hydroxylation is 1. The van der Waals surface area contributed by atoms with Crippen molar-refractivity contribution in [2.45, 2.75) is 57.3 Å². The molecule has 190 valence electrons. The lowest BCUT2D eigenvalue weighted by Crippen LogP contribution is -2.52. The number of carbonyl (C=O) groups excluding carboxylic acids is 2. The molecule has 5 rings (SSSR count). The average Bonchev–Trinajstić information content (AvgIpc) is 3.14. The van der Waals surface area contributed by atoms with Crippen molar-refractivity contribution in [1.82, 2.24) is 14.8 Å². The van der Waals surface area contributed by atoms with Gasteiger partial charge in [-0.1, -0.05) is 5.16 Å². The Bertz CT molecular complexity index is 1370. The van der Waals surface area contributed by atoms with Crippen molar-refractivity contribution < 1.29 is 32.7 Å². The van der Waals surface area contributed by atoms with Gasteiger partial charge in [0.2, 0.25) is 11.4 Å². The SMILES string of the molecule is Cc1cc(F)c(CNC(=O)c2cn3c(c(O)c2=O)C(=O)N2C[C@@H]3[C@]3(CC[C@@H]2C)CC(F)=NO3)c(F)c1. The van der Waals surface area contributed by atoms with E-state index in [-0.39, 0.29) is 24.7 Å². The molecule has 1 aromatic carbocycles. The van der Waals surface area contributed by atoms with Gasteiger partial charge in [-0.15, -0.1) is 0 Å². The van der Waals surface area contributed by atoms with Crippen LogP contribution in [0.4, 0.5) is 13.2 Å². The summed E-state index contributed by atoms with van der Waals surface area (Å²) in [6, 6.07) is 1.17. The minimum absolute atomic E-state index is 0.0823. The molecule has 12 heteroatoms. The van der Waals surface area contributed by atoms with Gasteiger partial charge in [-0.25, -0.2) is 8.78 Å². The average molecular weight is 504 g/mol. The summed E-state index contributed by atoms with van der Waals surface area (Å²) < 4.78 is 43.7. The Morgan fingerprint density at radius 3 is 2.61 bits per heavy atom. The molecule has 0 aliphatic carbocycles. The fourth-order valence-corrected chi connectivity index (χ4v) is 5.23. The monoisotopic (exact) mass is 504 g/mol. The summed E-state index contributed by atoms with van der Waals surface area (Å²) in [5, 5.41) is 16.5. The van der Waals surface area contributed by atoms with E-state index in [9.17, 15) is 32.7 Å². The molecule has 3 aliphatic heterocycles. The Balaban J connectivity index is 1.55. The number of pyridine rings is 1. The lowest BCUT2D eigenvalue weighted by atomic mass is 9.85. The summed E-state index contributed by atoms with van der Waals surface area (Å²) in [4.78, 5) is 46.0. The first-order valence-corrected chi connectivity index (χ1v) is 11.4. The maximum Gasteiger partial charge on any atom is 0.274 e. The van der Waals surface area contributed by atoms with E-state index in [0.29, 0.717) is 18.4 Å². The molecule has 3 atom stereocenters. The van der Waals surface area contributed by atoms with Gasteiger partial charge in [0.05, 0.1) is 12.5 Å². The van der Waals surface area contributed by atoms with Gasteiger partial charge >= 0.3 is 0 Å². The lowest BCUT2D eigenvalue weighted by Gasteiger charge is -2.41. The summed E-state index contributed by atoms with van der Waals surface area (Å²) in [5.41, 5.74) is -3.23. The second-order valence-corrected chi connectivity index (χ2v) is 9.53. The second kappa shape index (κ2) is 8.38. The summed E-state index contributed by atoms with van der Waals surface area (Å²) in [6.45, 7) is 2.84. The molecule has 36 heavy (non-hydrogen) atoms. The molecule has 0 saturated carbocycles. The first-order chi connectivity index (χ1) is 17.0. The number of rotatable bonds is 3. The van der Waals surface area contributed by atoms with Crippen LogP contribution < -0.4 is 10.7 Å². The Labute approximate surface area is 203 Å². The van der Waals surface area contributed by atoms with Gasteiger partial charge in [-0.2, -0.15) is 4.39 Å². The number of aromatic nitrogens is 1. The van der Waals surface area contributed by atoms with Gasteiger partial charge in [0.25, 0.3) is 11.8 Å². The third-order valence-electron chi connectivity index (χ3n) is 7.23. The van der Waals surface area contributed by atoms with Crippen molar-refractivity contribution in [3.05, 3.63) is 62.6 Å². The van der Waals surface area contributed by atoms with E-state index < -0.39 is 69.9 Å². The zero-order chi connectivity index (χ0) is 25.9. The first kappa shape index (κ1) is 23.9. The highest BCUT2D eigenvalue weighted by atomic mass is 19.1. The fourth-order valence-electron chi connectivity index (χ4n) is 5.23. The van der Waals surface area contributed by atoms with E-state index in [1.807, 2.05) is 0 Å². The summed E-state index contributed by atoms with van der Waals surface area (Å²) in [5.74, 6) is -5.01. The number of fused-ring (bicyclic) bond motifs is 5. The third kappa shape index (κ3) is 3.62. The largest absolute Gasteiger partial charge is 0.503 e. The standard InChI is InChI=1S/C24H23F3N4O5/c1-11-5-15(25)13(16(26)6-11)8-28-22(34)14-9-31-17-10-30(23(35)19(31)21(33)20(14)32)12(2)3-4-24(17)7-18(27)29-36-24/h5-6,9,12,17,33H,3-4,7-8,10H2,1-2H3,(H,28,34)/t12-,17+,24-/m0/s1.